The summed E-state index contributed by atoms with van der Waals surface area (Å²) in [4.78, 5) is 13.9. The molecule has 0 atom stereocenters. The summed E-state index contributed by atoms with van der Waals surface area (Å²) in [6.07, 6.45) is 6.75. The molecule has 5 rings (SSSR count). The maximum absolute atomic E-state index is 12.6. The molecule has 4 saturated carbocycles. The summed E-state index contributed by atoms with van der Waals surface area (Å²) in [6, 6.07) is 10.4. The van der Waals surface area contributed by atoms with Gasteiger partial charge in [0.2, 0.25) is 5.91 Å². The highest BCUT2D eigenvalue weighted by molar-refractivity contribution is 7.99. The van der Waals surface area contributed by atoms with E-state index in [4.69, 9.17) is 0 Å². The van der Waals surface area contributed by atoms with E-state index in [1.165, 1.54) is 37.0 Å². The molecule has 0 spiro atoms. The Morgan fingerprint density at radius 1 is 1.00 bits per heavy atom. The predicted molar refractivity (Wildman–Crippen MR) is 90.7 cm³/mol. The minimum Gasteiger partial charge on any atom is -0.355 e. The number of amides is 1. The van der Waals surface area contributed by atoms with Crippen molar-refractivity contribution in [2.24, 2.45) is 29.6 Å². The number of thioether (sulfide) groups is 1. The Morgan fingerprint density at radius 2 is 1.64 bits per heavy atom. The highest BCUT2D eigenvalue weighted by Crippen LogP contribution is 2.56. The van der Waals surface area contributed by atoms with Crippen LogP contribution < -0.4 is 5.32 Å². The normalized spacial score (nSPS) is 35.5. The number of benzene rings is 1. The van der Waals surface area contributed by atoms with Gasteiger partial charge in [-0.2, -0.15) is 0 Å². The van der Waals surface area contributed by atoms with Crippen molar-refractivity contribution in [3.63, 3.8) is 0 Å². The molecular formula is C19H25NOS. The van der Waals surface area contributed by atoms with Gasteiger partial charge in [-0.05, 0) is 67.9 Å². The second-order valence-corrected chi connectivity index (χ2v) is 8.58. The zero-order valence-electron chi connectivity index (χ0n) is 13.0. The van der Waals surface area contributed by atoms with Gasteiger partial charge in [0.25, 0.3) is 0 Å². The van der Waals surface area contributed by atoms with Gasteiger partial charge in [0.05, 0.1) is 0 Å². The van der Waals surface area contributed by atoms with Crippen molar-refractivity contribution in [3.8, 4) is 0 Å². The van der Waals surface area contributed by atoms with Gasteiger partial charge in [0, 0.05) is 23.1 Å². The molecule has 0 unspecified atom stereocenters. The van der Waals surface area contributed by atoms with Crippen LogP contribution in [0.5, 0.6) is 0 Å². The number of hydrogen-bond donors (Lipinski definition) is 1. The number of rotatable bonds is 5. The highest BCUT2D eigenvalue weighted by Gasteiger charge is 2.50. The van der Waals surface area contributed by atoms with Crippen LogP contribution in [0.1, 0.15) is 32.1 Å². The number of nitrogens with one attached hydrogen (secondary N) is 1. The van der Waals surface area contributed by atoms with E-state index in [0.717, 1.165) is 24.1 Å². The lowest BCUT2D eigenvalue weighted by molar-refractivity contribution is -0.137. The summed E-state index contributed by atoms with van der Waals surface area (Å²) in [5, 5.41) is 3.22. The van der Waals surface area contributed by atoms with E-state index in [1.807, 2.05) is 17.8 Å². The third-order valence-corrected chi connectivity index (χ3v) is 6.96. The Kier molecular flexibility index (Phi) is 4.17. The van der Waals surface area contributed by atoms with Crippen LogP contribution in [0.4, 0.5) is 0 Å². The molecule has 0 saturated heterocycles. The first-order valence-corrected chi connectivity index (χ1v) is 9.73. The maximum atomic E-state index is 12.6. The van der Waals surface area contributed by atoms with Crippen molar-refractivity contribution in [2.45, 2.75) is 37.0 Å². The molecule has 0 aromatic heterocycles. The van der Waals surface area contributed by atoms with E-state index in [0.29, 0.717) is 23.7 Å². The first kappa shape index (κ1) is 14.6. The Bertz CT molecular complexity index is 501. The van der Waals surface area contributed by atoms with E-state index in [-0.39, 0.29) is 0 Å². The van der Waals surface area contributed by atoms with Crippen molar-refractivity contribution < 1.29 is 4.79 Å². The smallest absolute Gasteiger partial charge is 0.223 e. The van der Waals surface area contributed by atoms with Gasteiger partial charge in [0.15, 0.2) is 0 Å². The third-order valence-electron chi connectivity index (χ3n) is 5.94. The zero-order chi connectivity index (χ0) is 14.9. The molecule has 4 bridgehead atoms. The Balaban J connectivity index is 1.26. The fourth-order valence-corrected chi connectivity index (χ4v) is 6.12. The Hall–Kier alpha value is -0.960. The summed E-state index contributed by atoms with van der Waals surface area (Å²) in [5.41, 5.74) is 0. The zero-order valence-corrected chi connectivity index (χ0v) is 13.9. The van der Waals surface area contributed by atoms with Gasteiger partial charge >= 0.3 is 0 Å². The van der Waals surface area contributed by atoms with Gasteiger partial charge < -0.3 is 5.32 Å². The topological polar surface area (TPSA) is 29.1 Å². The maximum Gasteiger partial charge on any atom is 0.223 e. The molecule has 0 aliphatic heterocycles. The number of carbonyl (C=O) groups excluding carboxylic acids is 1. The average molecular weight is 315 g/mol. The lowest BCUT2D eigenvalue weighted by Gasteiger charge is -2.53. The average Bonchev–Trinajstić information content (AvgIpc) is 2.51. The van der Waals surface area contributed by atoms with E-state index < -0.39 is 0 Å². The molecule has 1 aromatic rings. The van der Waals surface area contributed by atoms with Gasteiger partial charge in [-0.1, -0.05) is 18.2 Å². The van der Waals surface area contributed by atoms with E-state index in [1.54, 1.807) is 0 Å². The van der Waals surface area contributed by atoms with Gasteiger partial charge in [-0.3, -0.25) is 4.79 Å². The first-order chi connectivity index (χ1) is 10.8. The number of carbonyl (C=O) groups is 1. The molecule has 0 radical (unpaired) electrons. The van der Waals surface area contributed by atoms with E-state index in [2.05, 4.69) is 29.6 Å². The lowest BCUT2D eigenvalue weighted by atomic mass is 9.51. The quantitative estimate of drug-likeness (QED) is 0.658. The molecular weight excluding hydrogens is 290 g/mol. The molecule has 22 heavy (non-hydrogen) atoms. The second kappa shape index (κ2) is 6.27. The highest BCUT2D eigenvalue weighted by atomic mass is 32.2. The summed E-state index contributed by atoms with van der Waals surface area (Å²) in [5.74, 6) is 4.91. The van der Waals surface area contributed by atoms with Crippen LogP contribution in [0.25, 0.3) is 0 Å². The summed E-state index contributed by atoms with van der Waals surface area (Å²) < 4.78 is 0. The van der Waals surface area contributed by atoms with Gasteiger partial charge in [-0.25, -0.2) is 0 Å². The van der Waals surface area contributed by atoms with Crippen LogP contribution >= 0.6 is 11.8 Å². The summed E-state index contributed by atoms with van der Waals surface area (Å²) in [7, 11) is 0. The van der Waals surface area contributed by atoms with Crippen molar-refractivity contribution >= 4 is 17.7 Å². The minimum atomic E-state index is 0.328. The van der Waals surface area contributed by atoms with Gasteiger partial charge in [0.1, 0.15) is 0 Å². The lowest BCUT2D eigenvalue weighted by Crippen LogP contribution is -2.51. The molecule has 1 amide bonds. The Morgan fingerprint density at radius 3 is 2.27 bits per heavy atom. The SMILES string of the molecule is O=C(NCCSc1ccccc1)C1C2CC3CC(C2)CC1C3. The van der Waals surface area contributed by atoms with Crippen molar-refractivity contribution in [3.05, 3.63) is 30.3 Å². The molecule has 4 aliphatic carbocycles. The number of hydrogen-bond acceptors (Lipinski definition) is 2. The molecule has 118 valence electrons. The van der Waals surface area contributed by atoms with Crippen molar-refractivity contribution in [2.75, 3.05) is 12.3 Å². The van der Waals surface area contributed by atoms with Crippen LogP contribution in [0.15, 0.2) is 35.2 Å². The van der Waals surface area contributed by atoms with Crippen LogP contribution in [-0.2, 0) is 4.79 Å². The molecule has 2 nitrogen and oxygen atoms in total. The molecule has 1 N–H and O–H groups in total. The molecule has 1 aromatic carbocycles. The Labute approximate surface area is 137 Å². The third kappa shape index (κ3) is 2.92. The fourth-order valence-electron chi connectivity index (χ4n) is 5.33. The van der Waals surface area contributed by atoms with Crippen molar-refractivity contribution in [1.29, 1.82) is 0 Å². The summed E-state index contributed by atoms with van der Waals surface area (Å²) >= 11 is 1.82. The predicted octanol–water partition coefficient (Wildman–Crippen LogP) is 3.97. The monoisotopic (exact) mass is 315 g/mol. The van der Waals surface area contributed by atoms with E-state index in [9.17, 15) is 4.79 Å². The largest absolute Gasteiger partial charge is 0.355 e. The molecule has 0 heterocycles. The fraction of sp³-hybridized carbons (Fsp3) is 0.632. The van der Waals surface area contributed by atoms with Crippen LogP contribution in [0.3, 0.4) is 0 Å². The minimum absolute atomic E-state index is 0.328. The van der Waals surface area contributed by atoms with Gasteiger partial charge in [-0.15, -0.1) is 11.8 Å². The van der Waals surface area contributed by atoms with Crippen molar-refractivity contribution in [1.82, 2.24) is 5.32 Å². The second-order valence-electron chi connectivity index (χ2n) is 7.41. The van der Waals surface area contributed by atoms with Crippen LogP contribution in [-0.4, -0.2) is 18.2 Å². The van der Waals surface area contributed by atoms with Crippen LogP contribution in [0, 0.1) is 29.6 Å². The first-order valence-electron chi connectivity index (χ1n) is 8.75. The van der Waals surface area contributed by atoms with Crippen LogP contribution in [0.2, 0.25) is 0 Å². The standard InChI is InChI=1S/C19H25NOS/c21-19(20-6-7-22-17-4-2-1-3-5-17)18-15-9-13-8-14(11-15)12-16(18)10-13/h1-5,13-16,18H,6-12H2,(H,20,21). The van der Waals surface area contributed by atoms with E-state index >= 15 is 0 Å². The summed E-state index contributed by atoms with van der Waals surface area (Å²) in [6.45, 7) is 0.793. The molecule has 4 aliphatic rings. The molecule has 4 fully saturated rings. The molecule has 3 heteroatoms.